The van der Waals surface area contributed by atoms with Gasteiger partial charge in [0.2, 0.25) is 12.0 Å². The maximum Gasteiger partial charge on any atom is 0.225 e. The SMILES string of the molecule is CC(C)NCC1CCC(N(c2cccc(OCc3ccccc3)c2)[N+]23C=CN=CC2=CN=C3)CC1. The highest BCUT2D eigenvalue weighted by Gasteiger charge is 2.45. The summed E-state index contributed by atoms with van der Waals surface area (Å²) in [5.41, 5.74) is 3.36. The molecule has 0 saturated heterocycles. The Morgan fingerprint density at radius 1 is 1.03 bits per heavy atom. The third kappa shape index (κ3) is 5.24. The normalized spacial score (nSPS) is 24.9. The van der Waals surface area contributed by atoms with Crippen molar-refractivity contribution in [2.45, 2.75) is 58.2 Å². The van der Waals surface area contributed by atoms with E-state index < -0.39 is 0 Å². The first-order chi connectivity index (χ1) is 17.1. The molecule has 2 aromatic rings. The van der Waals surface area contributed by atoms with Crippen molar-refractivity contribution in [3.05, 3.63) is 84.5 Å². The molecule has 182 valence electrons. The molecule has 3 aliphatic rings. The Morgan fingerprint density at radius 3 is 2.66 bits per heavy atom. The van der Waals surface area contributed by atoms with Crippen molar-refractivity contribution in [1.29, 1.82) is 0 Å². The van der Waals surface area contributed by atoms with Crippen LogP contribution in [0.15, 0.2) is 88.9 Å². The molecule has 1 atom stereocenters. The lowest BCUT2D eigenvalue weighted by Gasteiger charge is -2.45. The predicted octanol–water partition coefficient (Wildman–Crippen LogP) is 5.80. The fourth-order valence-electron chi connectivity index (χ4n) is 5.26. The summed E-state index contributed by atoms with van der Waals surface area (Å²) in [5, 5.41) is 6.14. The van der Waals surface area contributed by atoms with Crippen molar-refractivity contribution in [3.8, 4) is 5.75 Å². The summed E-state index contributed by atoms with van der Waals surface area (Å²) >= 11 is 0. The quantitative estimate of drug-likeness (QED) is 0.471. The summed E-state index contributed by atoms with van der Waals surface area (Å²) in [4.78, 5) is 8.95. The molecule has 1 aliphatic carbocycles. The standard InChI is InChI=1S/C29H36N5O/c1-23(2)32-18-24-11-13-26(14-12-24)33(34-16-15-30-19-28(34)20-31-22-34)27-9-6-10-29(17-27)35-21-25-7-4-3-5-8-25/h3-10,15-17,19-20,22-24,26,32H,11-14,18,21H2,1-2H3/q+1. The molecule has 6 nitrogen and oxygen atoms in total. The third-order valence-electron chi connectivity index (χ3n) is 7.11. The second kappa shape index (κ2) is 10.6. The number of rotatable bonds is 9. The maximum absolute atomic E-state index is 6.20. The zero-order valence-electron chi connectivity index (χ0n) is 20.8. The molecule has 0 spiro atoms. The molecule has 1 unspecified atom stereocenters. The van der Waals surface area contributed by atoms with Crippen molar-refractivity contribution in [2.24, 2.45) is 15.9 Å². The third-order valence-corrected chi connectivity index (χ3v) is 7.11. The fourth-order valence-corrected chi connectivity index (χ4v) is 5.26. The van der Waals surface area contributed by atoms with Gasteiger partial charge in [0.15, 0.2) is 6.20 Å². The Kier molecular flexibility index (Phi) is 7.11. The summed E-state index contributed by atoms with van der Waals surface area (Å²) in [6.07, 6.45) is 14.6. The lowest BCUT2D eigenvalue weighted by Crippen LogP contribution is -2.60. The van der Waals surface area contributed by atoms with Crippen molar-refractivity contribution in [2.75, 3.05) is 11.6 Å². The van der Waals surface area contributed by atoms with Crippen LogP contribution in [0.3, 0.4) is 0 Å². The van der Waals surface area contributed by atoms with Crippen LogP contribution in [0, 0.1) is 5.92 Å². The average molecular weight is 471 g/mol. The van der Waals surface area contributed by atoms with Crippen LogP contribution in [0.5, 0.6) is 5.75 Å². The van der Waals surface area contributed by atoms with Crippen LogP contribution < -0.4 is 15.1 Å². The molecule has 1 fully saturated rings. The molecule has 2 heterocycles. The van der Waals surface area contributed by atoms with Gasteiger partial charge in [0.1, 0.15) is 12.4 Å². The highest BCUT2D eigenvalue weighted by Crippen LogP contribution is 2.39. The van der Waals surface area contributed by atoms with Gasteiger partial charge >= 0.3 is 0 Å². The lowest BCUT2D eigenvalue weighted by atomic mass is 9.85. The van der Waals surface area contributed by atoms with Crippen LogP contribution in [0.1, 0.15) is 45.1 Å². The Labute approximate surface area is 208 Å². The number of benzene rings is 2. The zero-order valence-corrected chi connectivity index (χ0v) is 20.8. The Bertz CT molecular complexity index is 1110. The van der Waals surface area contributed by atoms with Gasteiger partial charge in [-0.25, -0.2) is 10.0 Å². The van der Waals surface area contributed by atoms with Gasteiger partial charge in [0, 0.05) is 12.1 Å². The van der Waals surface area contributed by atoms with E-state index in [1.165, 1.54) is 12.8 Å². The molecular formula is C29H36N5O+. The van der Waals surface area contributed by atoms with Crippen molar-refractivity contribution < 1.29 is 9.33 Å². The van der Waals surface area contributed by atoms with Gasteiger partial charge in [-0.2, -0.15) is 0 Å². The number of quaternary nitrogens is 1. The van der Waals surface area contributed by atoms with Crippen molar-refractivity contribution >= 4 is 18.2 Å². The van der Waals surface area contributed by atoms with E-state index in [1.54, 1.807) is 0 Å². The molecule has 0 radical (unpaired) electrons. The summed E-state index contributed by atoms with van der Waals surface area (Å²) in [5.74, 6) is 1.61. The second-order valence-corrected chi connectivity index (χ2v) is 9.99. The van der Waals surface area contributed by atoms with Crippen molar-refractivity contribution in [1.82, 2.24) is 5.32 Å². The number of hydrogen-bond acceptors (Lipinski definition) is 5. The molecular weight excluding hydrogens is 434 g/mol. The van der Waals surface area contributed by atoms with Gasteiger partial charge in [0.25, 0.3) is 0 Å². The van der Waals surface area contributed by atoms with E-state index in [9.17, 15) is 0 Å². The van der Waals surface area contributed by atoms with Crippen LogP contribution in [0.2, 0.25) is 0 Å². The first-order valence-electron chi connectivity index (χ1n) is 12.8. The highest BCUT2D eigenvalue weighted by molar-refractivity contribution is 5.82. The Balaban J connectivity index is 1.40. The minimum absolute atomic E-state index is 0.388. The smallest absolute Gasteiger partial charge is 0.225 e. The van der Waals surface area contributed by atoms with E-state index in [-0.39, 0.29) is 0 Å². The van der Waals surface area contributed by atoms with Crippen LogP contribution in [-0.2, 0) is 6.61 Å². The molecule has 1 saturated carbocycles. The fraction of sp³-hybridized carbons (Fsp3) is 0.379. The summed E-state index contributed by atoms with van der Waals surface area (Å²) < 4.78 is 6.65. The number of anilines is 1. The Morgan fingerprint density at radius 2 is 1.86 bits per heavy atom. The second-order valence-electron chi connectivity index (χ2n) is 9.99. The molecule has 0 amide bonds. The van der Waals surface area contributed by atoms with Gasteiger partial charge < -0.3 is 10.1 Å². The van der Waals surface area contributed by atoms with E-state index in [0.717, 1.165) is 48.0 Å². The number of allylic oxidation sites excluding steroid dienone is 1. The van der Waals surface area contributed by atoms with E-state index in [2.05, 4.69) is 70.7 Å². The largest absolute Gasteiger partial charge is 0.489 e. The van der Waals surface area contributed by atoms with Gasteiger partial charge in [-0.15, -0.1) is 4.59 Å². The van der Waals surface area contributed by atoms with E-state index in [0.29, 0.717) is 23.3 Å². The van der Waals surface area contributed by atoms with Crippen LogP contribution >= 0.6 is 0 Å². The van der Waals surface area contributed by atoms with Crippen LogP contribution in [0.4, 0.5) is 5.69 Å². The summed E-state index contributed by atoms with van der Waals surface area (Å²) in [6, 6.07) is 19.7. The molecule has 0 aromatic heterocycles. The molecule has 1 N–H and O–H groups in total. The number of nitrogens with one attached hydrogen (secondary N) is 1. The maximum atomic E-state index is 6.20. The monoisotopic (exact) mass is 470 g/mol. The molecule has 0 bridgehead atoms. The number of hydrogen-bond donors (Lipinski definition) is 1. The molecule has 5 rings (SSSR count). The van der Waals surface area contributed by atoms with Gasteiger partial charge in [0.05, 0.1) is 30.3 Å². The number of aliphatic imine (C=N–C) groups is 2. The Hall–Kier alpha value is -3.22. The van der Waals surface area contributed by atoms with Gasteiger partial charge in [-0.3, -0.25) is 4.99 Å². The van der Waals surface area contributed by atoms with E-state index in [4.69, 9.17) is 4.74 Å². The molecule has 6 heteroatoms. The predicted molar refractivity (Wildman–Crippen MR) is 143 cm³/mol. The van der Waals surface area contributed by atoms with E-state index >= 15 is 0 Å². The first kappa shape index (κ1) is 23.5. The van der Waals surface area contributed by atoms with Gasteiger partial charge in [-0.1, -0.05) is 50.2 Å². The summed E-state index contributed by atoms with van der Waals surface area (Å²) in [7, 11) is 0. The number of fused-ring (bicyclic) bond motifs is 1. The highest BCUT2D eigenvalue weighted by atomic mass is 16.5. The number of nitrogens with zero attached hydrogens (tertiary/aromatic N) is 4. The first-order valence-corrected chi connectivity index (χ1v) is 12.8. The topological polar surface area (TPSA) is 49.2 Å². The van der Waals surface area contributed by atoms with Gasteiger partial charge in [-0.05, 0) is 55.8 Å². The lowest BCUT2D eigenvalue weighted by molar-refractivity contribution is -0.746. The molecule has 35 heavy (non-hydrogen) atoms. The number of ether oxygens (including phenoxy) is 1. The minimum atomic E-state index is 0.388. The van der Waals surface area contributed by atoms with E-state index in [1.807, 2.05) is 49.2 Å². The minimum Gasteiger partial charge on any atom is -0.489 e. The average Bonchev–Trinajstić information content (AvgIpc) is 3.32. The molecule has 2 aliphatic heterocycles. The van der Waals surface area contributed by atoms with Crippen molar-refractivity contribution in [3.63, 3.8) is 0 Å². The summed E-state index contributed by atoms with van der Waals surface area (Å²) in [6.45, 7) is 6.10. The zero-order chi connectivity index (χ0) is 24.1. The van der Waals surface area contributed by atoms with Crippen LogP contribution in [-0.4, -0.2) is 35.8 Å². The molecule has 2 aromatic carbocycles. The van der Waals surface area contributed by atoms with Crippen LogP contribution in [0.25, 0.3) is 0 Å².